The minimum Gasteiger partial charge on any atom is -0.336 e. The maximum absolute atomic E-state index is 12.2. The van der Waals surface area contributed by atoms with Gasteiger partial charge < -0.3 is 4.90 Å². The van der Waals surface area contributed by atoms with Gasteiger partial charge in [0.1, 0.15) is 5.69 Å². The highest BCUT2D eigenvalue weighted by molar-refractivity contribution is 5.92. The Balaban J connectivity index is 2.87. The maximum Gasteiger partial charge on any atom is 0.272 e. The Kier molecular flexibility index (Phi) is 4.27. The van der Waals surface area contributed by atoms with E-state index >= 15 is 0 Å². The summed E-state index contributed by atoms with van der Waals surface area (Å²) >= 11 is 0. The third-order valence-corrected chi connectivity index (χ3v) is 2.60. The van der Waals surface area contributed by atoms with Crippen LogP contribution in [-0.4, -0.2) is 33.7 Å². The van der Waals surface area contributed by atoms with Crippen LogP contribution in [0.1, 0.15) is 30.0 Å². The molecular formula is C12H18N4O. The molecule has 0 saturated heterocycles. The van der Waals surface area contributed by atoms with E-state index in [1.807, 2.05) is 20.8 Å². The second kappa shape index (κ2) is 5.48. The van der Waals surface area contributed by atoms with Gasteiger partial charge >= 0.3 is 0 Å². The molecule has 1 aromatic heterocycles. The number of aromatic nitrogens is 2. The van der Waals surface area contributed by atoms with Crippen molar-refractivity contribution in [2.45, 2.75) is 20.8 Å². The lowest BCUT2D eigenvalue weighted by Crippen LogP contribution is -2.35. The third-order valence-electron chi connectivity index (χ3n) is 2.60. The van der Waals surface area contributed by atoms with E-state index in [0.717, 1.165) is 5.69 Å². The number of rotatable bonds is 4. The molecule has 1 rings (SSSR count). The summed E-state index contributed by atoms with van der Waals surface area (Å²) in [6.07, 6.45) is 0. The molecule has 1 unspecified atom stereocenters. The maximum atomic E-state index is 12.2. The molecule has 0 saturated carbocycles. The SMILES string of the molecule is CCN(CC(C)C#N)C(=O)c1cc(C)nn1C. The molecule has 0 aromatic carbocycles. The molecule has 0 aliphatic carbocycles. The summed E-state index contributed by atoms with van der Waals surface area (Å²) in [7, 11) is 1.75. The van der Waals surface area contributed by atoms with Crippen molar-refractivity contribution >= 4 is 5.91 Å². The first kappa shape index (κ1) is 13.2. The summed E-state index contributed by atoms with van der Waals surface area (Å²) in [5.41, 5.74) is 1.38. The molecule has 1 heterocycles. The predicted molar refractivity (Wildman–Crippen MR) is 64.3 cm³/mol. The molecular weight excluding hydrogens is 216 g/mol. The summed E-state index contributed by atoms with van der Waals surface area (Å²) in [6.45, 7) is 6.62. The van der Waals surface area contributed by atoms with Crippen LogP contribution in [0, 0.1) is 24.2 Å². The first-order valence-electron chi connectivity index (χ1n) is 5.69. The van der Waals surface area contributed by atoms with Crippen molar-refractivity contribution in [2.75, 3.05) is 13.1 Å². The van der Waals surface area contributed by atoms with Crippen LogP contribution in [0.25, 0.3) is 0 Å². The standard InChI is InChI=1S/C12H18N4O/c1-5-16(8-9(2)7-13)12(17)11-6-10(3)14-15(11)4/h6,9H,5,8H2,1-4H3. The number of aryl methyl sites for hydroxylation is 2. The number of hydrogen-bond acceptors (Lipinski definition) is 3. The van der Waals surface area contributed by atoms with Crippen molar-refractivity contribution in [3.63, 3.8) is 0 Å². The molecule has 0 bridgehead atoms. The van der Waals surface area contributed by atoms with Crippen LogP contribution in [0.2, 0.25) is 0 Å². The zero-order valence-electron chi connectivity index (χ0n) is 10.8. The molecule has 5 heteroatoms. The second-order valence-corrected chi connectivity index (χ2v) is 4.17. The van der Waals surface area contributed by atoms with Gasteiger partial charge in [-0.3, -0.25) is 9.48 Å². The lowest BCUT2D eigenvalue weighted by atomic mass is 10.2. The van der Waals surface area contributed by atoms with Gasteiger partial charge in [-0.25, -0.2) is 0 Å². The van der Waals surface area contributed by atoms with Gasteiger partial charge in [0.15, 0.2) is 0 Å². The fraction of sp³-hybridized carbons (Fsp3) is 0.583. The Morgan fingerprint density at radius 3 is 2.76 bits per heavy atom. The Morgan fingerprint density at radius 2 is 2.35 bits per heavy atom. The number of nitriles is 1. The highest BCUT2D eigenvalue weighted by Crippen LogP contribution is 2.08. The average Bonchev–Trinajstić information content (AvgIpc) is 2.64. The lowest BCUT2D eigenvalue weighted by molar-refractivity contribution is 0.0741. The minimum absolute atomic E-state index is 0.0716. The highest BCUT2D eigenvalue weighted by Gasteiger charge is 2.19. The molecule has 1 aromatic rings. The number of amides is 1. The van der Waals surface area contributed by atoms with Crippen LogP contribution >= 0.6 is 0 Å². The van der Waals surface area contributed by atoms with Crippen LogP contribution in [0.15, 0.2) is 6.07 Å². The summed E-state index contributed by atoms with van der Waals surface area (Å²) in [5, 5.41) is 12.9. The van der Waals surface area contributed by atoms with Gasteiger partial charge in [-0.2, -0.15) is 10.4 Å². The van der Waals surface area contributed by atoms with E-state index < -0.39 is 0 Å². The van der Waals surface area contributed by atoms with Crippen LogP contribution in [-0.2, 0) is 7.05 Å². The molecule has 1 atom stereocenters. The van der Waals surface area contributed by atoms with Gasteiger partial charge in [-0.15, -0.1) is 0 Å². The Morgan fingerprint density at radius 1 is 1.71 bits per heavy atom. The van der Waals surface area contributed by atoms with Crippen LogP contribution in [0.3, 0.4) is 0 Å². The van der Waals surface area contributed by atoms with Crippen LogP contribution in [0.4, 0.5) is 0 Å². The summed E-state index contributed by atoms with van der Waals surface area (Å²) in [5.74, 6) is -0.231. The molecule has 0 aliphatic rings. The number of nitrogens with zero attached hydrogens (tertiary/aromatic N) is 4. The van der Waals surface area contributed by atoms with Crippen molar-refractivity contribution in [3.05, 3.63) is 17.5 Å². The van der Waals surface area contributed by atoms with Crippen molar-refractivity contribution in [1.29, 1.82) is 5.26 Å². The van der Waals surface area contributed by atoms with E-state index in [1.54, 1.807) is 22.7 Å². The lowest BCUT2D eigenvalue weighted by Gasteiger charge is -2.21. The summed E-state index contributed by atoms with van der Waals surface area (Å²) < 4.78 is 1.58. The minimum atomic E-state index is -0.159. The molecule has 0 N–H and O–H groups in total. The molecule has 92 valence electrons. The van der Waals surface area contributed by atoms with E-state index in [0.29, 0.717) is 18.8 Å². The molecule has 17 heavy (non-hydrogen) atoms. The third kappa shape index (κ3) is 3.06. The Hall–Kier alpha value is -1.83. The van der Waals surface area contributed by atoms with Crippen LogP contribution < -0.4 is 0 Å². The average molecular weight is 234 g/mol. The van der Waals surface area contributed by atoms with Gasteiger partial charge in [-0.05, 0) is 26.8 Å². The Bertz CT molecular complexity index is 444. The first-order chi connectivity index (χ1) is 7.99. The van der Waals surface area contributed by atoms with E-state index in [4.69, 9.17) is 5.26 Å². The zero-order chi connectivity index (χ0) is 13.0. The first-order valence-corrected chi connectivity index (χ1v) is 5.69. The van der Waals surface area contributed by atoms with E-state index in [1.165, 1.54) is 0 Å². The van der Waals surface area contributed by atoms with E-state index in [2.05, 4.69) is 11.2 Å². The van der Waals surface area contributed by atoms with Gasteiger partial charge in [0, 0.05) is 20.1 Å². The molecule has 1 amide bonds. The summed E-state index contributed by atoms with van der Waals surface area (Å²) in [6, 6.07) is 3.91. The Labute approximate surface area is 102 Å². The zero-order valence-corrected chi connectivity index (χ0v) is 10.8. The van der Waals surface area contributed by atoms with Crippen molar-refractivity contribution < 1.29 is 4.79 Å². The fourth-order valence-electron chi connectivity index (χ4n) is 1.70. The quantitative estimate of drug-likeness (QED) is 0.790. The predicted octanol–water partition coefficient (Wildman–Crippen LogP) is 1.35. The molecule has 0 spiro atoms. The normalized spacial score (nSPS) is 11.9. The van der Waals surface area contributed by atoms with Crippen LogP contribution in [0.5, 0.6) is 0 Å². The number of carbonyl (C=O) groups is 1. The molecule has 0 aliphatic heterocycles. The summed E-state index contributed by atoms with van der Waals surface area (Å²) in [4.78, 5) is 13.9. The fourth-order valence-corrected chi connectivity index (χ4v) is 1.70. The van der Waals surface area contributed by atoms with E-state index in [-0.39, 0.29) is 11.8 Å². The van der Waals surface area contributed by atoms with Crippen molar-refractivity contribution in [1.82, 2.24) is 14.7 Å². The van der Waals surface area contributed by atoms with Gasteiger partial charge in [0.2, 0.25) is 0 Å². The molecule has 5 nitrogen and oxygen atoms in total. The molecule has 0 radical (unpaired) electrons. The van der Waals surface area contributed by atoms with Gasteiger partial charge in [-0.1, -0.05) is 0 Å². The van der Waals surface area contributed by atoms with Gasteiger partial charge in [0.05, 0.1) is 17.7 Å². The number of hydrogen-bond donors (Lipinski definition) is 0. The topological polar surface area (TPSA) is 61.9 Å². The van der Waals surface area contributed by atoms with Crippen molar-refractivity contribution in [2.24, 2.45) is 13.0 Å². The second-order valence-electron chi connectivity index (χ2n) is 4.17. The number of carbonyl (C=O) groups excluding carboxylic acids is 1. The molecule has 0 fully saturated rings. The smallest absolute Gasteiger partial charge is 0.272 e. The largest absolute Gasteiger partial charge is 0.336 e. The highest BCUT2D eigenvalue weighted by atomic mass is 16.2. The van der Waals surface area contributed by atoms with Crippen molar-refractivity contribution in [3.8, 4) is 6.07 Å². The monoisotopic (exact) mass is 234 g/mol. The van der Waals surface area contributed by atoms with E-state index in [9.17, 15) is 4.79 Å². The van der Waals surface area contributed by atoms with Gasteiger partial charge in [0.25, 0.3) is 5.91 Å².